The summed E-state index contributed by atoms with van der Waals surface area (Å²) in [7, 11) is 0. The van der Waals surface area contributed by atoms with E-state index in [9.17, 15) is 4.79 Å². The van der Waals surface area contributed by atoms with E-state index in [0.29, 0.717) is 6.42 Å². The van der Waals surface area contributed by atoms with Crippen LogP contribution in [0.2, 0.25) is 0 Å². The summed E-state index contributed by atoms with van der Waals surface area (Å²) < 4.78 is 0. The molecular weight excluding hydrogens is 242 g/mol. The van der Waals surface area contributed by atoms with Crippen LogP contribution in [0.15, 0.2) is 5.16 Å². The summed E-state index contributed by atoms with van der Waals surface area (Å²) in [6.45, 7) is 8.04. The minimum absolute atomic E-state index is 0.0254. The maximum Gasteiger partial charge on any atom is 0.233 e. The fourth-order valence-corrected chi connectivity index (χ4v) is 2.73. The predicted octanol–water partition coefficient (Wildman–Crippen LogP) is 2.23. The summed E-state index contributed by atoms with van der Waals surface area (Å²) in [4.78, 5) is 12.4. The Kier molecular flexibility index (Phi) is 4.82. The van der Waals surface area contributed by atoms with Crippen molar-refractivity contribution in [2.45, 2.75) is 65.8 Å². The van der Waals surface area contributed by atoms with Crippen LogP contribution in [-0.2, 0) is 4.79 Å². The van der Waals surface area contributed by atoms with Crippen LogP contribution in [0.3, 0.4) is 0 Å². The minimum atomic E-state index is -0.934. The van der Waals surface area contributed by atoms with Gasteiger partial charge in [0.05, 0.1) is 0 Å². The molecule has 1 rings (SSSR count). The van der Waals surface area contributed by atoms with E-state index in [1.54, 1.807) is 6.92 Å². The number of nitrogens with two attached hydrogens (primary N) is 1. The molecule has 110 valence electrons. The molecule has 0 aromatic heterocycles. The molecule has 0 heterocycles. The molecule has 1 fully saturated rings. The molecule has 1 saturated carbocycles. The van der Waals surface area contributed by atoms with E-state index in [2.05, 4.69) is 24.3 Å². The molecule has 0 aromatic rings. The molecule has 0 aromatic carbocycles. The van der Waals surface area contributed by atoms with Crippen LogP contribution < -0.4 is 11.1 Å². The molecule has 1 aliphatic carbocycles. The zero-order valence-corrected chi connectivity index (χ0v) is 12.5. The van der Waals surface area contributed by atoms with Gasteiger partial charge in [0.25, 0.3) is 0 Å². The number of carbonyl (C=O) groups excluding carboxylic acids is 1. The molecule has 0 saturated heterocycles. The van der Waals surface area contributed by atoms with Gasteiger partial charge >= 0.3 is 0 Å². The number of hydrogen-bond donors (Lipinski definition) is 3. The van der Waals surface area contributed by atoms with Crippen molar-refractivity contribution in [2.75, 3.05) is 0 Å². The maximum atomic E-state index is 12.4. The van der Waals surface area contributed by atoms with Crippen molar-refractivity contribution in [2.24, 2.45) is 21.7 Å². The highest BCUT2D eigenvalue weighted by molar-refractivity contribution is 6.06. The first-order chi connectivity index (χ1) is 8.75. The molecule has 4 N–H and O–H groups in total. The summed E-state index contributed by atoms with van der Waals surface area (Å²) in [5.74, 6) is -0.171. The number of nitrogens with one attached hydrogen (secondary N) is 1. The molecular formula is C14H27N3O2. The number of amides is 1. The van der Waals surface area contributed by atoms with Crippen molar-refractivity contribution in [1.29, 1.82) is 0 Å². The first-order valence-electron chi connectivity index (χ1n) is 7.04. The van der Waals surface area contributed by atoms with Crippen molar-refractivity contribution in [3.63, 3.8) is 0 Å². The number of nitrogens with zero attached hydrogens (tertiary/aromatic N) is 1. The van der Waals surface area contributed by atoms with Crippen LogP contribution in [-0.4, -0.2) is 23.0 Å². The smallest absolute Gasteiger partial charge is 0.233 e. The second kappa shape index (κ2) is 5.80. The lowest BCUT2D eigenvalue weighted by Crippen LogP contribution is -2.51. The Hall–Kier alpha value is -1.26. The van der Waals surface area contributed by atoms with Gasteiger partial charge in [-0.05, 0) is 38.0 Å². The third-order valence-corrected chi connectivity index (χ3v) is 4.42. The van der Waals surface area contributed by atoms with E-state index in [1.807, 2.05) is 6.92 Å². The first kappa shape index (κ1) is 15.8. The van der Waals surface area contributed by atoms with Gasteiger partial charge in [0.15, 0.2) is 5.84 Å². The molecule has 0 radical (unpaired) electrons. The highest BCUT2D eigenvalue weighted by atomic mass is 16.4. The van der Waals surface area contributed by atoms with Crippen molar-refractivity contribution < 1.29 is 10.0 Å². The summed E-state index contributed by atoms with van der Waals surface area (Å²) in [5.41, 5.74) is 5.00. The van der Waals surface area contributed by atoms with Crippen LogP contribution in [0.5, 0.6) is 0 Å². The van der Waals surface area contributed by atoms with Gasteiger partial charge in [0.1, 0.15) is 5.41 Å². The Morgan fingerprint density at radius 2 is 2.21 bits per heavy atom. The van der Waals surface area contributed by atoms with E-state index in [0.717, 1.165) is 19.3 Å². The summed E-state index contributed by atoms with van der Waals surface area (Å²) in [6.07, 6.45) is 4.82. The number of carbonyl (C=O) groups is 1. The molecule has 1 amide bonds. The molecule has 2 unspecified atom stereocenters. The van der Waals surface area contributed by atoms with Crippen LogP contribution in [0, 0.1) is 10.8 Å². The third kappa shape index (κ3) is 3.61. The van der Waals surface area contributed by atoms with Crippen molar-refractivity contribution in [3.05, 3.63) is 0 Å². The molecule has 2 atom stereocenters. The fourth-order valence-electron chi connectivity index (χ4n) is 2.73. The highest BCUT2D eigenvalue weighted by Gasteiger charge is 2.38. The molecule has 5 heteroatoms. The topological polar surface area (TPSA) is 87.7 Å². The quantitative estimate of drug-likeness (QED) is 0.316. The molecule has 19 heavy (non-hydrogen) atoms. The zero-order chi connectivity index (χ0) is 14.7. The minimum Gasteiger partial charge on any atom is -0.409 e. The number of hydrogen-bond acceptors (Lipinski definition) is 3. The second-order valence-corrected chi connectivity index (χ2v) is 6.60. The van der Waals surface area contributed by atoms with Crippen molar-refractivity contribution >= 4 is 11.7 Å². The number of oxime groups is 1. The Morgan fingerprint density at radius 3 is 2.68 bits per heavy atom. The Bertz CT molecular complexity index is 366. The Balaban J connectivity index is 2.73. The number of rotatable bonds is 4. The second-order valence-electron chi connectivity index (χ2n) is 6.60. The zero-order valence-electron chi connectivity index (χ0n) is 12.5. The van der Waals surface area contributed by atoms with E-state index in [4.69, 9.17) is 10.9 Å². The largest absolute Gasteiger partial charge is 0.409 e. The molecule has 0 bridgehead atoms. The lowest BCUT2D eigenvalue weighted by atomic mass is 9.74. The molecule has 0 spiro atoms. The number of amidine groups is 1. The van der Waals surface area contributed by atoms with E-state index >= 15 is 0 Å². The molecule has 1 aliphatic rings. The summed E-state index contributed by atoms with van der Waals surface area (Å²) in [5, 5.41) is 14.9. The summed E-state index contributed by atoms with van der Waals surface area (Å²) in [6, 6.07) is 0.189. The fraction of sp³-hybridized carbons (Fsp3) is 0.857. The van der Waals surface area contributed by atoms with Crippen LogP contribution in [0.25, 0.3) is 0 Å². The standard InChI is InChI=1S/C14H27N3O2/c1-5-14(4,11(15)17-19)12(18)16-10-7-6-8-13(2,3)9-10/h10,19H,5-9H2,1-4H3,(H2,15,17)(H,16,18). The van der Waals surface area contributed by atoms with Crippen molar-refractivity contribution in [3.8, 4) is 0 Å². The van der Waals surface area contributed by atoms with Gasteiger partial charge in [-0.1, -0.05) is 32.3 Å². The monoisotopic (exact) mass is 269 g/mol. The van der Waals surface area contributed by atoms with Gasteiger partial charge in [0.2, 0.25) is 5.91 Å². The predicted molar refractivity (Wildman–Crippen MR) is 76.0 cm³/mol. The Labute approximate surface area is 115 Å². The van der Waals surface area contributed by atoms with Gasteiger partial charge in [-0.25, -0.2) is 0 Å². The SMILES string of the molecule is CCC(C)(C(=O)NC1CCCC(C)(C)C1)C(N)=NO. The van der Waals surface area contributed by atoms with Gasteiger partial charge < -0.3 is 16.3 Å². The lowest BCUT2D eigenvalue weighted by molar-refractivity contribution is -0.128. The first-order valence-corrected chi connectivity index (χ1v) is 7.04. The van der Waals surface area contributed by atoms with Crippen LogP contribution in [0.1, 0.15) is 59.8 Å². The van der Waals surface area contributed by atoms with Crippen LogP contribution in [0.4, 0.5) is 0 Å². The van der Waals surface area contributed by atoms with E-state index < -0.39 is 5.41 Å². The normalized spacial score (nSPS) is 26.5. The molecule has 5 nitrogen and oxygen atoms in total. The highest BCUT2D eigenvalue weighted by Crippen LogP contribution is 2.35. The van der Waals surface area contributed by atoms with Gasteiger partial charge in [-0.2, -0.15) is 0 Å². The maximum absolute atomic E-state index is 12.4. The summed E-state index contributed by atoms with van der Waals surface area (Å²) >= 11 is 0. The van der Waals surface area contributed by atoms with Gasteiger partial charge in [-0.15, -0.1) is 0 Å². The van der Waals surface area contributed by atoms with E-state index in [1.165, 1.54) is 6.42 Å². The van der Waals surface area contributed by atoms with Crippen molar-refractivity contribution in [1.82, 2.24) is 5.32 Å². The van der Waals surface area contributed by atoms with Gasteiger partial charge in [-0.3, -0.25) is 4.79 Å². The average molecular weight is 269 g/mol. The van der Waals surface area contributed by atoms with E-state index in [-0.39, 0.29) is 23.2 Å². The molecule has 0 aliphatic heterocycles. The van der Waals surface area contributed by atoms with Gasteiger partial charge in [0, 0.05) is 6.04 Å². The lowest BCUT2D eigenvalue weighted by Gasteiger charge is -2.37. The Morgan fingerprint density at radius 1 is 1.58 bits per heavy atom. The average Bonchev–Trinajstić information content (AvgIpc) is 2.35. The van der Waals surface area contributed by atoms with Crippen LogP contribution >= 0.6 is 0 Å². The third-order valence-electron chi connectivity index (χ3n) is 4.42.